The van der Waals surface area contributed by atoms with Gasteiger partial charge in [-0.2, -0.15) is 0 Å². The second kappa shape index (κ2) is 3.88. The van der Waals surface area contributed by atoms with E-state index >= 15 is 0 Å². The standard InChI is InChI=1S/C13H13N3O3/c1-6-3-7-8(9(17)4-6)5-14-11-10(7)12(18)15-13(19)16(11)2/h5-6H,3-4H2,1-2H3,(H,15,18,19)/t6-/m0/s1. The van der Waals surface area contributed by atoms with Crippen LogP contribution in [-0.2, 0) is 13.5 Å². The van der Waals surface area contributed by atoms with Crippen LogP contribution in [0.25, 0.3) is 11.0 Å². The van der Waals surface area contributed by atoms with E-state index in [2.05, 4.69) is 9.97 Å². The molecule has 0 radical (unpaired) electrons. The van der Waals surface area contributed by atoms with E-state index in [1.54, 1.807) is 7.05 Å². The Hall–Kier alpha value is -2.24. The van der Waals surface area contributed by atoms with Crippen molar-refractivity contribution in [3.05, 3.63) is 38.2 Å². The van der Waals surface area contributed by atoms with E-state index < -0.39 is 11.2 Å². The molecule has 6 nitrogen and oxygen atoms in total. The van der Waals surface area contributed by atoms with Crippen molar-refractivity contribution in [3.8, 4) is 0 Å². The topological polar surface area (TPSA) is 84.8 Å². The molecule has 1 aliphatic carbocycles. The van der Waals surface area contributed by atoms with E-state index in [-0.39, 0.29) is 11.7 Å². The molecule has 6 heteroatoms. The molecule has 2 heterocycles. The molecule has 0 amide bonds. The lowest BCUT2D eigenvalue weighted by Gasteiger charge is -2.21. The van der Waals surface area contributed by atoms with Crippen LogP contribution in [0.2, 0.25) is 0 Å². The second-order valence-electron chi connectivity index (χ2n) is 5.10. The molecule has 98 valence electrons. The molecule has 0 saturated carbocycles. The fraction of sp³-hybridized carbons (Fsp3) is 0.385. The third-order valence-corrected chi connectivity index (χ3v) is 3.62. The van der Waals surface area contributed by atoms with E-state index in [4.69, 9.17) is 0 Å². The van der Waals surface area contributed by atoms with Crippen molar-refractivity contribution in [2.75, 3.05) is 0 Å². The first kappa shape index (κ1) is 11.8. The van der Waals surface area contributed by atoms with Gasteiger partial charge in [0.25, 0.3) is 5.56 Å². The third kappa shape index (κ3) is 1.63. The highest BCUT2D eigenvalue weighted by Gasteiger charge is 2.26. The Morgan fingerprint density at radius 3 is 2.79 bits per heavy atom. The summed E-state index contributed by atoms with van der Waals surface area (Å²) in [4.78, 5) is 41.9. The van der Waals surface area contributed by atoms with Gasteiger partial charge in [0.15, 0.2) is 5.78 Å². The van der Waals surface area contributed by atoms with Crippen LogP contribution in [-0.4, -0.2) is 20.3 Å². The number of nitrogens with one attached hydrogen (secondary N) is 1. The van der Waals surface area contributed by atoms with Crippen LogP contribution in [0.4, 0.5) is 0 Å². The summed E-state index contributed by atoms with van der Waals surface area (Å²) in [6.07, 6.45) is 2.61. The minimum absolute atomic E-state index is 0.0106. The monoisotopic (exact) mass is 259 g/mol. The molecule has 0 bridgehead atoms. The zero-order valence-electron chi connectivity index (χ0n) is 10.7. The molecule has 2 aromatic heterocycles. The molecule has 1 N–H and O–H groups in total. The summed E-state index contributed by atoms with van der Waals surface area (Å²) in [5.41, 5.74) is 0.583. The van der Waals surface area contributed by atoms with Crippen LogP contribution >= 0.6 is 0 Å². The van der Waals surface area contributed by atoms with Gasteiger partial charge >= 0.3 is 5.69 Å². The lowest BCUT2D eigenvalue weighted by molar-refractivity contribution is 0.0953. The minimum Gasteiger partial charge on any atom is -0.294 e. The maximum Gasteiger partial charge on any atom is 0.329 e. The minimum atomic E-state index is -0.500. The lowest BCUT2D eigenvalue weighted by Crippen LogP contribution is -2.31. The molecular formula is C13H13N3O3. The van der Waals surface area contributed by atoms with E-state index in [1.807, 2.05) is 6.92 Å². The first-order chi connectivity index (χ1) is 8.99. The van der Waals surface area contributed by atoms with Crippen LogP contribution in [0.1, 0.15) is 29.3 Å². The zero-order valence-corrected chi connectivity index (χ0v) is 10.7. The molecule has 0 saturated heterocycles. The molecule has 0 aliphatic heterocycles. The highest BCUT2D eigenvalue weighted by atomic mass is 16.2. The molecule has 19 heavy (non-hydrogen) atoms. The quantitative estimate of drug-likeness (QED) is 0.741. The van der Waals surface area contributed by atoms with E-state index in [1.165, 1.54) is 10.8 Å². The van der Waals surface area contributed by atoms with Gasteiger partial charge in [-0.3, -0.25) is 19.1 Å². The van der Waals surface area contributed by atoms with Crippen LogP contribution in [0, 0.1) is 5.92 Å². The van der Waals surface area contributed by atoms with E-state index in [0.29, 0.717) is 35.0 Å². The fourth-order valence-corrected chi connectivity index (χ4v) is 2.67. The number of H-pyrrole nitrogens is 1. The summed E-state index contributed by atoms with van der Waals surface area (Å²) in [5, 5.41) is 0.361. The Bertz CT molecular complexity index is 816. The number of rotatable bonds is 0. The summed E-state index contributed by atoms with van der Waals surface area (Å²) in [7, 11) is 1.55. The summed E-state index contributed by atoms with van der Waals surface area (Å²) in [6, 6.07) is 0. The number of hydrogen-bond acceptors (Lipinski definition) is 4. The summed E-state index contributed by atoms with van der Waals surface area (Å²) in [5.74, 6) is 0.207. The lowest BCUT2D eigenvalue weighted by atomic mass is 9.84. The highest BCUT2D eigenvalue weighted by molar-refractivity contribution is 6.02. The molecule has 0 unspecified atom stereocenters. The van der Waals surface area contributed by atoms with Gasteiger partial charge < -0.3 is 0 Å². The Labute approximate surface area is 108 Å². The van der Waals surface area contributed by atoms with Gasteiger partial charge in [-0.25, -0.2) is 9.78 Å². The molecule has 3 rings (SSSR count). The van der Waals surface area contributed by atoms with Crippen molar-refractivity contribution in [3.63, 3.8) is 0 Å². The molecular weight excluding hydrogens is 246 g/mol. The number of carbonyl (C=O) groups is 1. The number of Topliss-reactive ketones (excluding diaryl/α,β-unsaturated/α-hetero) is 1. The van der Waals surface area contributed by atoms with Crippen molar-refractivity contribution in [2.45, 2.75) is 19.8 Å². The number of aromatic nitrogens is 3. The smallest absolute Gasteiger partial charge is 0.294 e. The Morgan fingerprint density at radius 1 is 1.32 bits per heavy atom. The average molecular weight is 259 g/mol. The van der Waals surface area contributed by atoms with Gasteiger partial charge in [0.2, 0.25) is 0 Å². The largest absolute Gasteiger partial charge is 0.329 e. The SMILES string of the molecule is C[C@@H]1CC(=O)c2cnc3c(c2C1)c(=O)[nH]c(=O)n3C. The Balaban J connectivity index is 2.50. The molecule has 0 aromatic carbocycles. The number of hydrogen-bond donors (Lipinski definition) is 1. The van der Waals surface area contributed by atoms with E-state index in [0.717, 1.165) is 0 Å². The predicted octanol–water partition coefficient (Wildman–Crippen LogP) is 0.387. The van der Waals surface area contributed by atoms with E-state index in [9.17, 15) is 14.4 Å². The summed E-state index contributed by atoms with van der Waals surface area (Å²) < 4.78 is 1.29. The van der Waals surface area contributed by atoms with Gasteiger partial charge in [-0.05, 0) is 17.9 Å². The van der Waals surface area contributed by atoms with Gasteiger partial charge in [0, 0.05) is 25.2 Å². The van der Waals surface area contributed by atoms with Crippen molar-refractivity contribution in [2.24, 2.45) is 13.0 Å². The maximum absolute atomic E-state index is 12.0. The molecule has 0 fully saturated rings. The average Bonchev–Trinajstić information content (AvgIpc) is 2.34. The predicted molar refractivity (Wildman–Crippen MR) is 69.4 cm³/mol. The Kier molecular flexibility index (Phi) is 2.41. The second-order valence-corrected chi connectivity index (χ2v) is 5.10. The third-order valence-electron chi connectivity index (χ3n) is 3.62. The molecule has 1 atom stereocenters. The number of pyridine rings is 1. The van der Waals surface area contributed by atoms with Crippen LogP contribution < -0.4 is 11.2 Å². The fourth-order valence-electron chi connectivity index (χ4n) is 2.67. The number of fused-ring (bicyclic) bond motifs is 3. The number of carbonyl (C=O) groups excluding carboxylic acids is 1. The van der Waals surface area contributed by atoms with Crippen molar-refractivity contribution < 1.29 is 4.79 Å². The number of aromatic amines is 1. The van der Waals surface area contributed by atoms with Gasteiger partial charge in [-0.15, -0.1) is 0 Å². The number of aryl methyl sites for hydroxylation is 1. The summed E-state index contributed by atoms with van der Waals surface area (Å²) in [6.45, 7) is 1.98. The van der Waals surface area contributed by atoms with Crippen LogP contribution in [0.5, 0.6) is 0 Å². The Morgan fingerprint density at radius 2 is 2.05 bits per heavy atom. The number of nitrogens with zero attached hydrogens (tertiary/aromatic N) is 2. The zero-order chi connectivity index (χ0) is 13.7. The molecule has 0 spiro atoms. The van der Waals surface area contributed by atoms with Gasteiger partial charge in [0.1, 0.15) is 5.65 Å². The van der Waals surface area contributed by atoms with Gasteiger partial charge in [0.05, 0.1) is 5.39 Å². The molecule has 1 aliphatic rings. The highest BCUT2D eigenvalue weighted by Crippen LogP contribution is 2.28. The summed E-state index contributed by atoms with van der Waals surface area (Å²) >= 11 is 0. The van der Waals surface area contributed by atoms with Gasteiger partial charge in [-0.1, -0.05) is 6.92 Å². The first-order valence-electron chi connectivity index (χ1n) is 6.13. The maximum atomic E-state index is 12.0. The van der Waals surface area contributed by atoms with Crippen LogP contribution in [0.3, 0.4) is 0 Å². The normalized spacial score (nSPS) is 18.6. The van der Waals surface area contributed by atoms with Crippen molar-refractivity contribution in [1.82, 2.24) is 14.5 Å². The van der Waals surface area contributed by atoms with Crippen molar-refractivity contribution in [1.29, 1.82) is 0 Å². The first-order valence-corrected chi connectivity index (χ1v) is 6.13. The molecule has 2 aromatic rings. The number of ketones is 1. The van der Waals surface area contributed by atoms with Crippen molar-refractivity contribution >= 4 is 16.8 Å². The van der Waals surface area contributed by atoms with Crippen LogP contribution in [0.15, 0.2) is 15.8 Å².